The van der Waals surface area contributed by atoms with Gasteiger partial charge in [-0.2, -0.15) is 5.10 Å². The highest BCUT2D eigenvalue weighted by Crippen LogP contribution is 2.18. The molecule has 0 aliphatic heterocycles. The molecule has 0 aliphatic rings. The van der Waals surface area contributed by atoms with Gasteiger partial charge in [0.15, 0.2) is 0 Å². The van der Waals surface area contributed by atoms with Gasteiger partial charge in [-0.05, 0) is 32.4 Å². The molecule has 0 aromatic carbocycles. The summed E-state index contributed by atoms with van der Waals surface area (Å²) >= 11 is 6.05. The molecule has 0 atom stereocenters. The summed E-state index contributed by atoms with van der Waals surface area (Å²) in [7, 11) is 0. The number of furan rings is 1. The van der Waals surface area contributed by atoms with Crippen molar-refractivity contribution in [1.29, 1.82) is 0 Å². The topological polar surface area (TPSA) is 69.3 Å². The van der Waals surface area contributed by atoms with Crippen molar-refractivity contribution in [2.45, 2.75) is 33.4 Å². The van der Waals surface area contributed by atoms with Crippen molar-refractivity contribution in [3.8, 4) is 0 Å². The van der Waals surface area contributed by atoms with Crippen LogP contribution in [0.1, 0.15) is 23.6 Å². The lowest BCUT2D eigenvalue weighted by atomic mass is 10.4. The summed E-state index contributed by atoms with van der Waals surface area (Å²) in [6, 6.07) is 3.69. The average Bonchev–Trinajstić information content (AvgIpc) is 3.08. The summed E-state index contributed by atoms with van der Waals surface area (Å²) in [5.41, 5.74) is 1.54. The Hall–Kier alpha value is -1.79. The Kier molecular flexibility index (Phi) is 6.03. The second-order valence-electron chi connectivity index (χ2n) is 4.98. The first-order valence-corrected chi connectivity index (χ1v) is 7.52. The van der Waals surface area contributed by atoms with Crippen LogP contribution in [0.5, 0.6) is 0 Å². The SMILES string of the molecule is Cc1nn(CC(=O)NCCCOCc2ccco2)c(C)c1Cl. The fourth-order valence-corrected chi connectivity index (χ4v) is 2.13. The number of ether oxygens (including phenoxy) is 1. The molecule has 0 radical (unpaired) electrons. The van der Waals surface area contributed by atoms with E-state index in [9.17, 15) is 4.79 Å². The molecule has 2 aromatic rings. The van der Waals surface area contributed by atoms with Crippen LogP contribution in [0.3, 0.4) is 0 Å². The highest BCUT2D eigenvalue weighted by molar-refractivity contribution is 6.31. The smallest absolute Gasteiger partial charge is 0.241 e. The van der Waals surface area contributed by atoms with E-state index in [0.717, 1.165) is 23.6 Å². The summed E-state index contributed by atoms with van der Waals surface area (Å²) in [5, 5.41) is 7.67. The molecule has 2 heterocycles. The van der Waals surface area contributed by atoms with Gasteiger partial charge in [0.1, 0.15) is 18.9 Å². The van der Waals surface area contributed by atoms with Gasteiger partial charge in [-0.3, -0.25) is 9.48 Å². The molecule has 2 aromatic heterocycles. The number of halogens is 1. The maximum Gasteiger partial charge on any atom is 0.241 e. The maximum atomic E-state index is 11.8. The summed E-state index contributed by atoms with van der Waals surface area (Å²) in [4.78, 5) is 11.8. The van der Waals surface area contributed by atoms with E-state index in [-0.39, 0.29) is 12.5 Å². The summed E-state index contributed by atoms with van der Waals surface area (Å²) in [5.74, 6) is 0.707. The van der Waals surface area contributed by atoms with E-state index >= 15 is 0 Å². The predicted molar refractivity (Wildman–Crippen MR) is 82.7 cm³/mol. The summed E-state index contributed by atoms with van der Waals surface area (Å²) in [6.07, 6.45) is 2.36. The summed E-state index contributed by atoms with van der Waals surface area (Å²) in [6.45, 7) is 5.41. The second kappa shape index (κ2) is 8.00. The zero-order chi connectivity index (χ0) is 15.9. The van der Waals surface area contributed by atoms with Crippen LogP contribution >= 0.6 is 11.6 Å². The van der Waals surface area contributed by atoms with E-state index < -0.39 is 0 Å². The maximum absolute atomic E-state index is 11.8. The average molecular weight is 326 g/mol. The number of aromatic nitrogens is 2. The highest BCUT2D eigenvalue weighted by Gasteiger charge is 2.11. The molecule has 0 aliphatic carbocycles. The molecule has 1 N–H and O–H groups in total. The van der Waals surface area contributed by atoms with Crippen molar-refractivity contribution >= 4 is 17.5 Å². The normalized spacial score (nSPS) is 10.9. The lowest BCUT2D eigenvalue weighted by Crippen LogP contribution is -2.29. The molecular weight excluding hydrogens is 306 g/mol. The number of amides is 1. The fourth-order valence-electron chi connectivity index (χ4n) is 1.99. The number of aryl methyl sites for hydroxylation is 1. The van der Waals surface area contributed by atoms with Gasteiger partial charge in [0, 0.05) is 13.2 Å². The Labute approximate surface area is 134 Å². The molecule has 120 valence electrons. The van der Waals surface area contributed by atoms with Crippen molar-refractivity contribution in [2.75, 3.05) is 13.2 Å². The lowest BCUT2D eigenvalue weighted by Gasteiger charge is -2.07. The van der Waals surface area contributed by atoms with Crippen LogP contribution in [-0.4, -0.2) is 28.8 Å². The van der Waals surface area contributed by atoms with Gasteiger partial charge in [0.25, 0.3) is 0 Å². The third kappa shape index (κ3) is 4.61. The van der Waals surface area contributed by atoms with Crippen LogP contribution in [0.2, 0.25) is 5.02 Å². The van der Waals surface area contributed by atoms with Crippen molar-refractivity contribution in [2.24, 2.45) is 0 Å². The van der Waals surface area contributed by atoms with E-state index in [1.165, 1.54) is 0 Å². The van der Waals surface area contributed by atoms with E-state index in [1.807, 2.05) is 26.0 Å². The van der Waals surface area contributed by atoms with E-state index in [4.69, 9.17) is 20.8 Å². The first-order chi connectivity index (χ1) is 10.6. The number of hydrogen-bond acceptors (Lipinski definition) is 4. The molecule has 2 rings (SSSR count). The molecular formula is C15H20ClN3O3. The van der Waals surface area contributed by atoms with Gasteiger partial charge in [-0.15, -0.1) is 0 Å². The van der Waals surface area contributed by atoms with Crippen LogP contribution in [0, 0.1) is 13.8 Å². The zero-order valence-corrected chi connectivity index (χ0v) is 13.5. The molecule has 0 fully saturated rings. The molecule has 0 spiro atoms. The number of nitrogens with one attached hydrogen (secondary N) is 1. The second-order valence-corrected chi connectivity index (χ2v) is 5.36. The monoisotopic (exact) mass is 325 g/mol. The Balaban J connectivity index is 1.60. The first-order valence-electron chi connectivity index (χ1n) is 7.14. The van der Waals surface area contributed by atoms with Gasteiger partial charge < -0.3 is 14.5 Å². The number of rotatable bonds is 8. The fraction of sp³-hybridized carbons (Fsp3) is 0.467. The molecule has 0 unspecified atom stereocenters. The highest BCUT2D eigenvalue weighted by atomic mass is 35.5. The lowest BCUT2D eigenvalue weighted by molar-refractivity contribution is -0.121. The van der Waals surface area contributed by atoms with E-state index in [2.05, 4.69) is 10.4 Å². The zero-order valence-electron chi connectivity index (χ0n) is 12.8. The van der Waals surface area contributed by atoms with Crippen molar-refractivity contribution in [1.82, 2.24) is 15.1 Å². The third-order valence-corrected chi connectivity index (χ3v) is 3.75. The van der Waals surface area contributed by atoms with Gasteiger partial charge in [0.2, 0.25) is 5.91 Å². The van der Waals surface area contributed by atoms with Crippen molar-refractivity contribution < 1.29 is 13.9 Å². The van der Waals surface area contributed by atoms with E-state index in [1.54, 1.807) is 10.9 Å². The van der Waals surface area contributed by atoms with Crippen LogP contribution in [0.15, 0.2) is 22.8 Å². The van der Waals surface area contributed by atoms with Crippen molar-refractivity contribution in [3.63, 3.8) is 0 Å². The molecule has 0 saturated carbocycles. The Morgan fingerprint density at radius 3 is 2.95 bits per heavy atom. The first kappa shape index (κ1) is 16.6. The van der Waals surface area contributed by atoms with Crippen LogP contribution in [0.25, 0.3) is 0 Å². The molecule has 7 heteroatoms. The number of carbonyl (C=O) groups excluding carboxylic acids is 1. The number of hydrogen-bond donors (Lipinski definition) is 1. The quantitative estimate of drug-likeness (QED) is 0.757. The minimum atomic E-state index is -0.0895. The molecule has 22 heavy (non-hydrogen) atoms. The molecule has 6 nitrogen and oxygen atoms in total. The largest absolute Gasteiger partial charge is 0.467 e. The molecule has 0 saturated heterocycles. The standard InChI is InChI=1S/C15H20ClN3O3/c1-11-15(16)12(2)19(18-11)9-14(20)17-6-4-7-21-10-13-5-3-8-22-13/h3,5,8H,4,6-7,9-10H2,1-2H3,(H,17,20). The van der Waals surface area contributed by atoms with Crippen LogP contribution in [-0.2, 0) is 22.7 Å². The van der Waals surface area contributed by atoms with Crippen LogP contribution < -0.4 is 5.32 Å². The van der Waals surface area contributed by atoms with Gasteiger partial charge in [0.05, 0.1) is 22.7 Å². The Bertz CT molecular complexity index is 608. The van der Waals surface area contributed by atoms with Gasteiger partial charge in [-0.1, -0.05) is 11.6 Å². The molecule has 0 bridgehead atoms. The van der Waals surface area contributed by atoms with Crippen LogP contribution in [0.4, 0.5) is 0 Å². The Morgan fingerprint density at radius 1 is 1.50 bits per heavy atom. The minimum absolute atomic E-state index is 0.0895. The number of carbonyl (C=O) groups is 1. The molecule has 1 amide bonds. The number of nitrogens with zero attached hydrogens (tertiary/aromatic N) is 2. The van der Waals surface area contributed by atoms with Crippen molar-refractivity contribution in [3.05, 3.63) is 40.6 Å². The summed E-state index contributed by atoms with van der Waals surface area (Å²) < 4.78 is 12.2. The van der Waals surface area contributed by atoms with Gasteiger partial charge >= 0.3 is 0 Å². The Morgan fingerprint density at radius 2 is 2.32 bits per heavy atom. The predicted octanol–water partition coefficient (Wildman–Crippen LogP) is 2.47. The van der Waals surface area contributed by atoms with Gasteiger partial charge in [-0.25, -0.2) is 0 Å². The van der Waals surface area contributed by atoms with E-state index in [0.29, 0.717) is 24.8 Å². The third-order valence-electron chi connectivity index (χ3n) is 3.20. The minimum Gasteiger partial charge on any atom is -0.467 e.